The van der Waals surface area contributed by atoms with Crippen LogP contribution in [0.4, 0.5) is 17.1 Å². The average Bonchev–Trinajstić information content (AvgIpc) is 3.89. The summed E-state index contributed by atoms with van der Waals surface area (Å²) in [5.74, 6) is 0. The second-order valence-corrected chi connectivity index (χ2v) is 20.0. The van der Waals surface area contributed by atoms with E-state index in [0.717, 1.165) is 11.4 Å². The molecule has 0 aromatic heterocycles. The second-order valence-electron chi connectivity index (χ2n) is 20.0. The molecule has 0 N–H and O–H groups in total. The van der Waals surface area contributed by atoms with Gasteiger partial charge in [0.25, 0.3) is 0 Å². The molecule has 0 amide bonds. The highest BCUT2D eigenvalue weighted by Gasteiger charge is 2.44. The fraction of sp³-hybridized carbons (Fsp3) is 0.169. The Balaban J connectivity index is 0.949. The zero-order valence-corrected chi connectivity index (χ0v) is 38.1. The van der Waals surface area contributed by atoms with Gasteiger partial charge in [-0.25, -0.2) is 0 Å². The molecule has 1 atom stereocenters. The van der Waals surface area contributed by atoms with Crippen LogP contribution >= 0.6 is 0 Å². The molecule has 1 unspecified atom stereocenters. The monoisotopic (exact) mass is 847 g/mol. The number of nitrogens with zero attached hydrogens (tertiary/aromatic N) is 1. The first-order valence-corrected chi connectivity index (χ1v) is 24.1. The van der Waals surface area contributed by atoms with E-state index in [1.807, 2.05) is 0 Å². The molecule has 9 aromatic rings. The Bertz CT molecular complexity index is 3380. The number of rotatable bonds is 6. The molecule has 1 spiro atoms. The van der Waals surface area contributed by atoms with Crippen molar-refractivity contribution in [2.24, 2.45) is 0 Å². The molecule has 1 heteroatoms. The zero-order valence-electron chi connectivity index (χ0n) is 38.1. The molecule has 13 rings (SSSR count). The van der Waals surface area contributed by atoms with E-state index in [9.17, 15) is 0 Å². The summed E-state index contributed by atoms with van der Waals surface area (Å²) >= 11 is 0. The quantitative estimate of drug-likeness (QED) is 0.161. The van der Waals surface area contributed by atoms with E-state index in [-0.39, 0.29) is 16.2 Å². The van der Waals surface area contributed by atoms with E-state index in [0.29, 0.717) is 0 Å². The third-order valence-electron chi connectivity index (χ3n) is 16.3. The topological polar surface area (TPSA) is 3.24 Å². The maximum Gasteiger partial charge on any atom is 0.0467 e. The highest BCUT2D eigenvalue weighted by atomic mass is 15.1. The van der Waals surface area contributed by atoms with Gasteiger partial charge in [-0.05, 0) is 157 Å². The van der Waals surface area contributed by atoms with E-state index in [2.05, 4.69) is 232 Å². The molecule has 1 nitrogen and oxygen atoms in total. The molecule has 1 saturated carbocycles. The molecular formula is C65H53N. The first-order chi connectivity index (χ1) is 32.3. The van der Waals surface area contributed by atoms with Crippen LogP contribution in [0.25, 0.3) is 55.6 Å². The van der Waals surface area contributed by atoms with Gasteiger partial charge in [-0.3, -0.25) is 0 Å². The molecule has 0 bridgehead atoms. The summed E-state index contributed by atoms with van der Waals surface area (Å²) in [7, 11) is 0. The number of hydrogen-bond acceptors (Lipinski definition) is 1. The Labute approximate surface area is 390 Å². The lowest BCUT2D eigenvalue weighted by Gasteiger charge is -2.36. The van der Waals surface area contributed by atoms with E-state index in [1.165, 1.54) is 132 Å². The predicted octanol–water partition coefficient (Wildman–Crippen LogP) is 17.4. The van der Waals surface area contributed by atoms with Crippen LogP contribution in [0.3, 0.4) is 0 Å². The van der Waals surface area contributed by atoms with Crippen LogP contribution in [0, 0.1) is 0 Å². The fourth-order valence-electron chi connectivity index (χ4n) is 13.2. The molecule has 9 aromatic carbocycles. The first-order valence-electron chi connectivity index (χ1n) is 24.1. The first kappa shape index (κ1) is 39.2. The number of benzene rings is 9. The van der Waals surface area contributed by atoms with Crippen LogP contribution in [-0.4, -0.2) is 0 Å². The van der Waals surface area contributed by atoms with Gasteiger partial charge in [0, 0.05) is 33.3 Å². The minimum absolute atomic E-state index is 0.0597. The maximum absolute atomic E-state index is 2.56. The van der Waals surface area contributed by atoms with Gasteiger partial charge in [0.1, 0.15) is 0 Å². The Kier molecular flexibility index (Phi) is 8.69. The summed E-state index contributed by atoms with van der Waals surface area (Å²) in [5.41, 5.74) is 26.3. The van der Waals surface area contributed by atoms with Crippen LogP contribution in [0.2, 0.25) is 0 Å². The smallest absolute Gasteiger partial charge is 0.0467 e. The lowest BCUT2D eigenvalue weighted by molar-refractivity contribution is 0.353. The van der Waals surface area contributed by atoms with E-state index in [1.54, 1.807) is 0 Å². The van der Waals surface area contributed by atoms with Gasteiger partial charge in [0.05, 0.1) is 0 Å². The van der Waals surface area contributed by atoms with Gasteiger partial charge < -0.3 is 4.90 Å². The highest BCUT2D eigenvalue weighted by molar-refractivity contribution is 5.91. The minimum atomic E-state index is -0.245. The summed E-state index contributed by atoms with van der Waals surface area (Å²) in [6.07, 6.45) is 6.27. The van der Waals surface area contributed by atoms with Crippen molar-refractivity contribution >= 4 is 17.1 Å². The maximum atomic E-state index is 2.56. The standard InChI is InChI=1S/C65H53N/c1-63(2)57-27-11-8-24-53(57)56-26-17-25-50(62(56)63)45-18-16-21-48(40-45)66(49-35-37-55-52-23-10-13-29-59(52)65(61(55)42-49)38-14-5-15-39-65)47-33-30-43(31-34-47)44-32-36-54-51-22-9-12-28-58(51)64(3,60(54)41-44)46-19-6-4-7-20-46/h4,6-13,16-37,40-42H,5,14-15,38-39H2,1-3H3. The summed E-state index contributed by atoms with van der Waals surface area (Å²) in [4.78, 5) is 2.52. The Hall–Kier alpha value is -7.22. The van der Waals surface area contributed by atoms with Crippen LogP contribution in [-0.2, 0) is 16.2 Å². The lowest BCUT2D eigenvalue weighted by Crippen LogP contribution is -2.28. The Morgan fingerprint density at radius 3 is 1.65 bits per heavy atom. The molecule has 66 heavy (non-hydrogen) atoms. The molecule has 0 radical (unpaired) electrons. The summed E-state index contributed by atoms with van der Waals surface area (Å²) in [5, 5.41) is 0. The molecule has 0 saturated heterocycles. The molecule has 0 aliphatic heterocycles. The van der Waals surface area contributed by atoms with Gasteiger partial charge >= 0.3 is 0 Å². The van der Waals surface area contributed by atoms with E-state index in [4.69, 9.17) is 0 Å². The van der Waals surface area contributed by atoms with Crippen molar-refractivity contribution in [3.8, 4) is 55.6 Å². The van der Waals surface area contributed by atoms with Crippen LogP contribution in [0.15, 0.2) is 206 Å². The largest absolute Gasteiger partial charge is 0.310 e. The summed E-state index contributed by atoms with van der Waals surface area (Å²) in [6, 6.07) is 78.3. The number of fused-ring (bicyclic) bond motifs is 11. The Morgan fingerprint density at radius 2 is 0.879 bits per heavy atom. The number of hydrogen-bond donors (Lipinski definition) is 0. The molecule has 4 aliphatic carbocycles. The second kappa shape index (κ2) is 14.6. The van der Waals surface area contributed by atoms with Crippen molar-refractivity contribution in [3.63, 3.8) is 0 Å². The zero-order chi connectivity index (χ0) is 44.2. The molecule has 1 fully saturated rings. The van der Waals surface area contributed by atoms with Crippen molar-refractivity contribution in [2.45, 2.75) is 69.1 Å². The average molecular weight is 848 g/mol. The summed E-state index contributed by atoms with van der Waals surface area (Å²) in [6.45, 7) is 7.19. The highest BCUT2D eigenvalue weighted by Crippen LogP contribution is 2.58. The van der Waals surface area contributed by atoms with Crippen molar-refractivity contribution in [3.05, 3.63) is 245 Å². The van der Waals surface area contributed by atoms with Gasteiger partial charge in [-0.1, -0.05) is 197 Å². The van der Waals surface area contributed by atoms with E-state index >= 15 is 0 Å². The van der Waals surface area contributed by atoms with Gasteiger partial charge in [0.15, 0.2) is 0 Å². The molecular weight excluding hydrogens is 795 g/mol. The fourth-order valence-corrected chi connectivity index (χ4v) is 13.2. The van der Waals surface area contributed by atoms with Gasteiger partial charge in [-0.2, -0.15) is 0 Å². The third kappa shape index (κ3) is 5.59. The van der Waals surface area contributed by atoms with Crippen LogP contribution < -0.4 is 4.90 Å². The molecule has 318 valence electrons. The van der Waals surface area contributed by atoms with Crippen molar-refractivity contribution in [1.82, 2.24) is 0 Å². The third-order valence-corrected chi connectivity index (χ3v) is 16.3. The van der Waals surface area contributed by atoms with Crippen LogP contribution in [0.1, 0.15) is 91.8 Å². The van der Waals surface area contributed by atoms with Crippen molar-refractivity contribution in [2.75, 3.05) is 4.90 Å². The van der Waals surface area contributed by atoms with Crippen LogP contribution in [0.5, 0.6) is 0 Å². The van der Waals surface area contributed by atoms with Gasteiger partial charge in [0.2, 0.25) is 0 Å². The molecule has 0 heterocycles. The van der Waals surface area contributed by atoms with E-state index < -0.39 is 0 Å². The minimum Gasteiger partial charge on any atom is -0.310 e. The van der Waals surface area contributed by atoms with Crippen molar-refractivity contribution < 1.29 is 0 Å². The number of anilines is 3. The Morgan fingerprint density at radius 1 is 0.333 bits per heavy atom. The lowest BCUT2D eigenvalue weighted by atomic mass is 9.68. The van der Waals surface area contributed by atoms with Crippen molar-refractivity contribution in [1.29, 1.82) is 0 Å². The predicted molar refractivity (Wildman–Crippen MR) is 276 cm³/mol. The normalized spacial score (nSPS) is 17.6. The summed E-state index contributed by atoms with van der Waals surface area (Å²) < 4.78 is 0. The van der Waals surface area contributed by atoms with Gasteiger partial charge in [-0.15, -0.1) is 0 Å². The SMILES string of the molecule is CC1(C)c2ccccc2-c2cccc(-c3cccc(N(c4ccc(-c5ccc6c(c5)C(C)(c5ccccc5)c5ccccc5-6)cc4)c4ccc5c(c4)C4(CCCCC4)c4ccccc4-5)c3)c21. The molecule has 4 aliphatic rings.